The van der Waals surface area contributed by atoms with Gasteiger partial charge in [0.05, 0.1) is 32.2 Å². The number of hydrogen-bond donors (Lipinski definition) is 3. The zero-order valence-electron chi connectivity index (χ0n) is 18.6. The second-order valence-corrected chi connectivity index (χ2v) is 10.1. The van der Waals surface area contributed by atoms with Crippen molar-refractivity contribution >= 4 is 30.5 Å². The van der Waals surface area contributed by atoms with Crippen LogP contribution in [0.2, 0.25) is 0 Å². The lowest BCUT2D eigenvalue weighted by atomic mass is 9.96. The molecule has 6 atom stereocenters. The van der Waals surface area contributed by atoms with Gasteiger partial charge in [-0.15, -0.1) is 0 Å². The Kier molecular flexibility index (Phi) is 6.06. The molecule has 184 valence electrons. The summed E-state index contributed by atoms with van der Waals surface area (Å²) in [7, 11) is -3.99. The van der Waals surface area contributed by atoms with Crippen LogP contribution in [-0.2, 0) is 22.9 Å². The number of nitrogens with two attached hydrogens (primary N) is 1. The van der Waals surface area contributed by atoms with E-state index >= 15 is 0 Å². The van der Waals surface area contributed by atoms with E-state index in [1.807, 2.05) is 0 Å². The average molecular weight is 502 g/mol. The first-order valence-corrected chi connectivity index (χ1v) is 12.2. The first kappa shape index (κ1) is 23.8. The molecule has 2 aliphatic rings. The number of aliphatic hydroxyl groups excluding tert-OH is 1. The molecule has 2 aromatic heterocycles. The number of fused-ring (bicyclic) bond motifs is 1. The third kappa shape index (κ3) is 4.30. The van der Waals surface area contributed by atoms with E-state index in [1.165, 1.54) is 24.1 Å². The fourth-order valence-corrected chi connectivity index (χ4v) is 5.55. The number of nitrogen functional groups attached to an aromatic ring is 1. The predicted molar refractivity (Wildman–Crippen MR) is 121 cm³/mol. The predicted octanol–water partition coefficient (Wildman–Crippen LogP) is 2.27. The van der Waals surface area contributed by atoms with Crippen molar-refractivity contribution in [1.29, 1.82) is 0 Å². The molecule has 0 saturated carbocycles. The van der Waals surface area contributed by atoms with Gasteiger partial charge in [-0.2, -0.15) is 0 Å². The van der Waals surface area contributed by atoms with Crippen molar-refractivity contribution in [2.45, 2.75) is 43.5 Å². The standard InChI is InChI=1S/C21H23N6O7P/c1-21(29)17(28)15(33-20(21)27-11-26-16-18(22)24-10-25-19(16)27)9-32-35(30)31-8-7-14(34-35)12-3-5-13(23-2)6-4-12/h3-6,10-11,14-15,17,20,28-29H,7-9H2,1H3,(H2,22,24,25)/t14?,15-,17-,20-,21-,35?/m1/s1. The number of anilines is 1. The number of phosphoric acid groups is 1. The summed E-state index contributed by atoms with van der Waals surface area (Å²) in [6, 6.07) is 6.75. The summed E-state index contributed by atoms with van der Waals surface area (Å²) < 4.78 is 36.9. The summed E-state index contributed by atoms with van der Waals surface area (Å²) in [5, 5.41) is 21.8. The normalized spacial score (nSPS) is 33.1. The van der Waals surface area contributed by atoms with E-state index in [-0.39, 0.29) is 19.0 Å². The maximum atomic E-state index is 13.1. The molecule has 4 heterocycles. The van der Waals surface area contributed by atoms with Gasteiger partial charge in [-0.05, 0) is 12.5 Å². The number of nitrogens with zero attached hydrogens (tertiary/aromatic N) is 5. The van der Waals surface area contributed by atoms with Crippen LogP contribution in [0.25, 0.3) is 16.0 Å². The lowest BCUT2D eigenvalue weighted by Crippen LogP contribution is -2.44. The Bertz CT molecular complexity index is 1320. The van der Waals surface area contributed by atoms with Crippen molar-refractivity contribution in [3.05, 3.63) is 53.9 Å². The highest BCUT2D eigenvalue weighted by molar-refractivity contribution is 7.48. The highest BCUT2D eigenvalue weighted by Gasteiger charge is 2.54. The largest absolute Gasteiger partial charge is 0.475 e. The molecule has 0 bridgehead atoms. The van der Waals surface area contributed by atoms with Crippen LogP contribution < -0.4 is 5.73 Å². The van der Waals surface area contributed by atoms with Crippen molar-refractivity contribution in [2.24, 2.45) is 0 Å². The van der Waals surface area contributed by atoms with Crippen LogP contribution in [0.5, 0.6) is 0 Å². The van der Waals surface area contributed by atoms with Gasteiger partial charge in [0.1, 0.15) is 29.7 Å². The second-order valence-electron chi connectivity index (χ2n) is 8.44. The van der Waals surface area contributed by atoms with Gasteiger partial charge >= 0.3 is 7.82 Å². The first-order valence-electron chi connectivity index (χ1n) is 10.8. The molecule has 0 aliphatic carbocycles. The van der Waals surface area contributed by atoms with Crippen molar-refractivity contribution in [2.75, 3.05) is 18.9 Å². The molecule has 0 radical (unpaired) electrons. The molecule has 3 aromatic rings. The minimum atomic E-state index is -3.99. The maximum absolute atomic E-state index is 13.1. The van der Waals surface area contributed by atoms with E-state index in [1.54, 1.807) is 24.3 Å². The van der Waals surface area contributed by atoms with Gasteiger partial charge in [0.2, 0.25) is 0 Å². The molecule has 14 heteroatoms. The minimum absolute atomic E-state index is 0.128. The molecule has 4 N–H and O–H groups in total. The van der Waals surface area contributed by atoms with Gasteiger partial charge < -0.3 is 20.7 Å². The van der Waals surface area contributed by atoms with Gasteiger partial charge in [0.15, 0.2) is 23.4 Å². The summed E-state index contributed by atoms with van der Waals surface area (Å²) in [5.41, 5.74) is 5.92. The Labute approximate surface area is 199 Å². The monoisotopic (exact) mass is 502 g/mol. The first-order chi connectivity index (χ1) is 16.7. The number of imidazole rings is 1. The molecule has 0 spiro atoms. The Hall–Kier alpha value is -2.95. The zero-order valence-corrected chi connectivity index (χ0v) is 19.5. The third-order valence-corrected chi connectivity index (χ3v) is 7.55. The van der Waals surface area contributed by atoms with Crippen LogP contribution in [-0.4, -0.2) is 60.8 Å². The molecular weight excluding hydrogens is 479 g/mol. The summed E-state index contributed by atoms with van der Waals surface area (Å²) in [6.07, 6.45) is -1.03. The molecule has 13 nitrogen and oxygen atoms in total. The lowest BCUT2D eigenvalue weighted by molar-refractivity contribution is -0.0953. The lowest BCUT2D eigenvalue weighted by Gasteiger charge is -2.30. The maximum Gasteiger partial charge on any atom is 0.475 e. The van der Waals surface area contributed by atoms with Gasteiger partial charge in [-0.1, -0.05) is 24.3 Å². The summed E-state index contributed by atoms with van der Waals surface area (Å²) in [5.74, 6) is 0.162. The number of aliphatic hydroxyl groups is 2. The molecule has 1 aromatic carbocycles. The van der Waals surface area contributed by atoms with Crippen LogP contribution in [0.1, 0.15) is 31.2 Å². The second kappa shape index (κ2) is 8.92. The van der Waals surface area contributed by atoms with Crippen LogP contribution >= 0.6 is 7.82 Å². The van der Waals surface area contributed by atoms with Crippen LogP contribution in [0, 0.1) is 6.57 Å². The Morgan fingerprint density at radius 3 is 2.86 bits per heavy atom. The van der Waals surface area contributed by atoms with E-state index in [4.69, 9.17) is 30.6 Å². The van der Waals surface area contributed by atoms with E-state index in [2.05, 4.69) is 19.8 Å². The number of phosphoric ester groups is 1. The number of aromatic nitrogens is 4. The molecule has 35 heavy (non-hydrogen) atoms. The molecular formula is C21H23N6O7P. The van der Waals surface area contributed by atoms with Crippen molar-refractivity contribution in [1.82, 2.24) is 19.5 Å². The van der Waals surface area contributed by atoms with Crippen LogP contribution in [0.4, 0.5) is 11.5 Å². The van der Waals surface area contributed by atoms with Crippen LogP contribution in [0.3, 0.4) is 0 Å². The van der Waals surface area contributed by atoms with E-state index in [9.17, 15) is 14.8 Å². The van der Waals surface area contributed by atoms with Gasteiger partial charge in [0, 0.05) is 6.42 Å². The van der Waals surface area contributed by atoms with Crippen LogP contribution in [0.15, 0.2) is 36.9 Å². The molecule has 2 saturated heterocycles. The summed E-state index contributed by atoms with van der Waals surface area (Å²) in [6.45, 7) is 8.21. The molecule has 0 amide bonds. The highest BCUT2D eigenvalue weighted by Crippen LogP contribution is 2.57. The summed E-state index contributed by atoms with van der Waals surface area (Å²) in [4.78, 5) is 15.5. The zero-order chi connectivity index (χ0) is 24.8. The van der Waals surface area contributed by atoms with Gasteiger partial charge in [-0.25, -0.2) is 24.4 Å². The number of hydrogen-bond acceptors (Lipinski definition) is 11. The molecule has 2 unspecified atom stereocenters. The quantitative estimate of drug-likeness (QED) is 0.346. The van der Waals surface area contributed by atoms with Gasteiger partial charge in [0.25, 0.3) is 0 Å². The molecule has 2 fully saturated rings. The third-order valence-electron chi connectivity index (χ3n) is 6.07. The Balaban J connectivity index is 1.29. The topological polar surface area (TPSA) is 168 Å². The highest BCUT2D eigenvalue weighted by atomic mass is 31.2. The van der Waals surface area contributed by atoms with Crippen molar-refractivity contribution < 1.29 is 33.1 Å². The summed E-state index contributed by atoms with van der Waals surface area (Å²) >= 11 is 0. The van der Waals surface area contributed by atoms with E-state index in [0.29, 0.717) is 23.3 Å². The number of rotatable bonds is 5. The van der Waals surface area contributed by atoms with E-state index in [0.717, 1.165) is 5.56 Å². The fraction of sp³-hybridized carbons (Fsp3) is 0.429. The minimum Gasteiger partial charge on any atom is -0.387 e. The number of ether oxygens (including phenoxy) is 1. The molecule has 2 aliphatic heterocycles. The smallest absolute Gasteiger partial charge is 0.387 e. The van der Waals surface area contributed by atoms with Crippen molar-refractivity contribution in [3.8, 4) is 0 Å². The number of benzene rings is 1. The Morgan fingerprint density at radius 2 is 2.11 bits per heavy atom. The SMILES string of the molecule is [C-]#[N+]c1ccc(C2CCOP(=O)(OC[C@H]3O[C@@H](n4cnc5c(N)ncnc54)[C@](C)(O)[C@@H]3O)O2)cc1. The van der Waals surface area contributed by atoms with Crippen molar-refractivity contribution in [3.63, 3.8) is 0 Å². The Morgan fingerprint density at radius 1 is 1.34 bits per heavy atom. The van der Waals surface area contributed by atoms with E-state index < -0.39 is 38.0 Å². The van der Waals surface area contributed by atoms with Gasteiger partial charge in [-0.3, -0.25) is 18.1 Å². The fourth-order valence-electron chi connectivity index (χ4n) is 4.15. The average Bonchev–Trinajstić information content (AvgIpc) is 3.37. The molecule has 5 rings (SSSR count).